The summed E-state index contributed by atoms with van der Waals surface area (Å²) in [4.78, 5) is 29.8. The van der Waals surface area contributed by atoms with Gasteiger partial charge in [-0.1, -0.05) is 48.6 Å². The lowest BCUT2D eigenvalue weighted by molar-refractivity contribution is -0.133. The lowest BCUT2D eigenvalue weighted by atomic mass is 9.86. The lowest BCUT2D eigenvalue weighted by Gasteiger charge is -2.36. The van der Waals surface area contributed by atoms with Crippen molar-refractivity contribution in [3.8, 4) is 0 Å². The number of carboxylic acids is 1. The van der Waals surface area contributed by atoms with E-state index in [9.17, 15) is 13.8 Å². The van der Waals surface area contributed by atoms with Crippen molar-refractivity contribution >= 4 is 39.3 Å². The smallest absolute Gasteiger partial charge is 0.323 e. The van der Waals surface area contributed by atoms with Crippen LogP contribution in [0, 0.1) is 5.92 Å². The number of aromatic nitrogens is 1. The van der Waals surface area contributed by atoms with Crippen molar-refractivity contribution in [2.24, 2.45) is 5.92 Å². The highest BCUT2D eigenvalue weighted by atomic mass is 32.2. The van der Waals surface area contributed by atoms with E-state index >= 15 is 0 Å². The Kier molecular flexibility index (Phi) is 9.19. The number of thiazole rings is 1. The maximum Gasteiger partial charge on any atom is 0.323 e. The summed E-state index contributed by atoms with van der Waals surface area (Å²) in [5.74, 6) is -0.965. The molecule has 8 nitrogen and oxygen atoms in total. The molecule has 1 atom stereocenters. The number of benzene rings is 1. The van der Waals surface area contributed by atoms with Crippen LogP contribution in [-0.2, 0) is 26.9 Å². The molecule has 0 saturated heterocycles. The minimum atomic E-state index is -1.68. The predicted octanol–water partition coefficient (Wildman–Crippen LogP) is 3.96. The molecular weight excluding hydrogens is 450 g/mol. The van der Waals surface area contributed by atoms with E-state index < -0.39 is 22.5 Å². The molecule has 1 heterocycles. The van der Waals surface area contributed by atoms with Crippen LogP contribution in [0.1, 0.15) is 38.2 Å². The summed E-state index contributed by atoms with van der Waals surface area (Å²) in [7, 11) is -1.68. The van der Waals surface area contributed by atoms with E-state index in [4.69, 9.17) is 9.84 Å². The molecule has 10 heteroatoms. The Hall–Kier alpha value is -2.30. The van der Waals surface area contributed by atoms with Crippen molar-refractivity contribution < 1.29 is 23.6 Å². The largest absolute Gasteiger partial charge is 0.481 e. The van der Waals surface area contributed by atoms with Gasteiger partial charge in [0.05, 0.1) is 30.2 Å². The first kappa shape index (κ1) is 24.3. The van der Waals surface area contributed by atoms with Crippen molar-refractivity contribution in [1.82, 2.24) is 9.88 Å². The van der Waals surface area contributed by atoms with Crippen LogP contribution in [0.3, 0.4) is 0 Å². The van der Waals surface area contributed by atoms with E-state index in [2.05, 4.69) is 17.2 Å². The van der Waals surface area contributed by atoms with Crippen LogP contribution >= 0.6 is 11.3 Å². The Morgan fingerprint density at radius 3 is 2.66 bits per heavy atom. The second kappa shape index (κ2) is 12.1. The number of nitrogens with zero attached hydrogens (tertiary/aromatic N) is 2. The third kappa shape index (κ3) is 7.39. The first-order chi connectivity index (χ1) is 15.4. The van der Waals surface area contributed by atoms with Gasteiger partial charge in [0, 0.05) is 12.6 Å². The molecule has 2 N–H and O–H groups in total. The van der Waals surface area contributed by atoms with Crippen molar-refractivity contribution in [2.45, 2.75) is 49.5 Å². The van der Waals surface area contributed by atoms with E-state index in [1.54, 1.807) is 0 Å². The van der Waals surface area contributed by atoms with Gasteiger partial charge in [0.25, 0.3) is 0 Å². The summed E-state index contributed by atoms with van der Waals surface area (Å²) in [5.41, 5.74) is 1.08. The summed E-state index contributed by atoms with van der Waals surface area (Å²) in [5, 5.41) is 11.9. The first-order valence-electron chi connectivity index (χ1n) is 10.7. The fourth-order valence-corrected chi connectivity index (χ4v) is 5.56. The highest BCUT2D eigenvalue weighted by molar-refractivity contribution is 7.88. The number of carbonyl (C=O) groups excluding carboxylic acids is 1. The Morgan fingerprint density at radius 2 is 1.97 bits per heavy atom. The number of hydrogen-bond acceptors (Lipinski definition) is 6. The summed E-state index contributed by atoms with van der Waals surface area (Å²) < 4.78 is 18.1. The minimum absolute atomic E-state index is 0.132. The van der Waals surface area contributed by atoms with Crippen LogP contribution in [0.2, 0.25) is 0 Å². The molecule has 1 aromatic heterocycles. The van der Waals surface area contributed by atoms with E-state index in [0.717, 1.165) is 42.6 Å². The van der Waals surface area contributed by atoms with Gasteiger partial charge >= 0.3 is 12.0 Å². The van der Waals surface area contributed by atoms with Crippen LogP contribution in [-0.4, -0.2) is 56.1 Å². The summed E-state index contributed by atoms with van der Waals surface area (Å²) in [6.07, 6.45) is 5.40. The average molecular weight is 480 g/mol. The average Bonchev–Trinajstić information content (AvgIpc) is 3.23. The van der Waals surface area contributed by atoms with Crippen LogP contribution < -0.4 is 5.32 Å². The molecule has 2 aromatic rings. The Balaban J connectivity index is 1.59. The predicted molar refractivity (Wildman–Crippen MR) is 124 cm³/mol. The number of ether oxygens (including phenoxy) is 1. The van der Waals surface area contributed by atoms with Gasteiger partial charge in [0.2, 0.25) is 0 Å². The number of nitrogens with one attached hydrogen (secondary N) is 1. The number of amides is 2. The van der Waals surface area contributed by atoms with Crippen LogP contribution in [0.4, 0.5) is 9.93 Å². The Bertz CT molecular complexity index is 913. The highest BCUT2D eigenvalue weighted by Crippen LogP contribution is 2.28. The number of hydrogen-bond donors (Lipinski definition) is 2. The molecule has 0 spiro atoms. The third-order valence-corrected chi connectivity index (χ3v) is 8.03. The van der Waals surface area contributed by atoms with Gasteiger partial charge < -0.3 is 14.7 Å². The lowest BCUT2D eigenvalue weighted by Crippen LogP contribution is -2.46. The molecule has 1 aliphatic rings. The molecule has 0 aliphatic heterocycles. The monoisotopic (exact) mass is 479 g/mol. The van der Waals surface area contributed by atoms with Gasteiger partial charge in [-0.25, -0.2) is 9.78 Å². The van der Waals surface area contributed by atoms with Gasteiger partial charge in [0.15, 0.2) is 5.13 Å². The van der Waals surface area contributed by atoms with Gasteiger partial charge in [-0.15, -0.1) is 0 Å². The van der Waals surface area contributed by atoms with E-state index in [1.807, 2.05) is 35.2 Å². The summed E-state index contributed by atoms with van der Waals surface area (Å²) in [6.45, 7) is 3.60. The normalized spacial score (nSPS) is 19.3. The van der Waals surface area contributed by atoms with Crippen molar-refractivity contribution in [1.29, 1.82) is 0 Å². The van der Waals surface area contributed by atoms with Gasteiger partial charge in [-0.05, 0) is 37.2 Å². The summed E-state index contributed by atoms with van der Waals surface area (Å²) >= 11 is 1.04. The maximum atomic E-state index is 13.1. The molecule has 0 bridgehead atoms. The molecule has 1 unspecified atom stereocenters. The number of carbonyl (C=O) groups is 2. The molecule has 32 heavy (non-hydrogen) atoms. The number of anilines is 1. The third-order valence-electron chi connectivity index (χ3n) is 5.45. The first-order valence-corrected chi connectivity index (χ1v) is 12.8. The van der Waals surface area contributed by atoms with Crippen molar-refractivity contribution in [2.75, 3.05) is 24.2 Å². The van der Waals surface area contributed by atoms with Gasteiger partial charge in [-0.2, -0.15) is 0 Å². The second-order valence-corrected chi connectivity index (χ2v) is 10.7. The SMILES string of the molecule is CC1CCC(N(CCOCc2ccccc2)C(=O)Nc2ncc(S(=O)CC(=O)O)s2)CC1. The van der Waals surface area contributed by atoms with E-state index in [1.165, 1.54) is 6.20 Å². The molecule has 1 saturated carbocycles. The van der Waals surface area contributed by atoms with Gasteiger partial charge in [0.1, 0.15) is 9.96 Å². The van der Waals surface area contributed by atoms with E-state index in [0.29, 0.717) is 35.0 Å². The summed E-state index contributed by atoms with van der Waals surface area (Å²) in [6, 6.07) is 9.76. The Morgan fingerprint density at radius 1 is 1.25 bits per heavy atom. The molecule has 174 valence electrons. The molecule has 1 aromatic carbocycles. The zero-order valence-corrected chi connectivity index (χ0v) is 19.7. The van der Waals surface area contributed by atoms with Crippen LogP contribution in [0.25, 0.3) is 0 Å². The Labute approximate surface area is 194 Å². The van der Waals surface area contributed by atoms with E-state index in [-0.39, 0.29) is 12.1 Å². The fourth-order valence-electron chi connectivity index (χ4n) is 3.70. The molecule has 1 fully saturated rings. The quantitative estimate of drug-likeness (QED) is 0.499. The van der Waals surface area contributed by atoms with Crippen LogP contribution in [0.15, 0.2) is 40.7 Å². The maximum absolute atomic E-state index is 13.1. The van der Waals surface area contributed by atoms with Crippen molar-refractivity contribution in [3.05, 3.63) is 42.1 Å². The topological polar surface area (TPSA) is 109 Å². The minimum Gasteiger partial charge on any atom is -0.481 e. The number of urea groups is 1. The molecule has 1 aliphatic carbocycles. The van der Waals surface area contributed by atoms with Gasteiger partial charge in [-0.3, -0.25) is 14.3 Å². The second-order valence-electron chi connectivity index (χ2n) is 7.94. The molecule has 2 amide bonds. The molecule has 3 rings (SSSR count). The fraction of sp³-hybridized carbons (Fsp3) is 0.500. The zero-order chi connectivity index (χ0) is 22.9. The molecule has 0 radical (unpaired) electrons. The van der Waals surface area contributed by atoms with Crippen LogP contribution in [0.5, 0.6) is 0 Å². The number of carboxylic acid groups (broad SMARTS) is 1. The standard InChI is InChI=1S/C22H29N3O5S2/c1-16-7-9-18(10-8-16)25(11-12-30-14-17-5-3-2-4-6-17)22(28)24-21-23-13-20(31-21)32(29)15-19(26)27/h2-6,13,16,18H,7-12,14-15H2,1H3,(H,26,27)(H,23,24,28). The van der Waals surface area contributed by atoms with Crippen molar-refractivity contribution in [3.63, 3.8) is 0 Å². The zero-order valence-electron chi connectivity index (χ0n) is 18.1. The highest BCUT2D eigenvalue weighted by Gasteiger charge is 2.28. The number of aliphatic carboxylic acids is 1. The number of rotatable bonds is 10. The molecular formula is C22H29N3O5S2.